The summed E-state index contributed by atoms with van der Waals surface area (Å²) in [5, 5.41) is 15.0. The Balaban J connectivity index is 1.51. The lowest BCUT2D eigenvalue weighted by atomic mass is 10.1. The summed E-state index contributed by atoms with van der Waals surface area (Å²) >= 11 is 4.73. The summed E-state index contributed by atoms with van der Waals surface area (Å²) in [4.78, 5) is 25.6. The van der Waals surface area contributed by atoms with Gasteiger partial charge in [0.05, 0.1) is 26.5 Å². The van der Waals surface area contributed by atoms with Crippen molar-refractivity contribution in [3.8, 4) is 17.2 Å². The van der Waals surface area contributed by atoms with Gasteiger partial charge in [0.1, 0.15) is 0 Å². The molecule has 39 heavy (non-hydrogen) atoms. The van der Waals surface area contributed by atoms with Crippen molar-refractivity contribution < 1.29 is 19.1 Å². The predicted molar refractivity (Wildman–Crippen MR) is 155 cm³/mol. The summed E-state index contributed by atoms with van der Waals surface area (Å²) < 4.78 is 13.3. The number of methoxy groups -OCH3 is 2. The molecule has 3 aromatic carbocycles. The van der Waals surface area contributed by atoms with Crippen molar-refractivity contribution >= 4 is 45.2 Å². The largest absolute Gasteiger partial charge is 0.493 e. The maximum atomic E-state index is 12.9. The number of rotatable bonds is 10. The van der Waals surface area contributed by atoms with Gasteiger partial charge in [-0.3, -0.25) is 14.2 Å². The number of aryl methyl sites for hydroxylation is 2. The van der Waals surface area contributed by atoms with Crippen LogP contribution in [-0.2, 0) is 11.3 Å². The summed E-state index contributed by atoms with van der Waals surface area (Å²) in [5.74, 6) is 1.20. The number of anilines is 1. The number of halogens is 1. The summed E-state index contributed by atoms with van der Waals surface area (Å²) in [6, 6.07) is 18.5. The second-order valence-electron chi connectivity index (χ2n) is 8.62. The number of benzene rings is 3. The molecule has 4 aromatic rings. The molecule has 9 nitrogen and oxygen atoms in total. The highest BCUT2D eigenvalue weighted by molar-refractivity contribution is 9.10. The van der Waals surface area contributed by atoms with E-state index in [1.54, 1.807) is 18.2 Å². The summed E-state index contributed by atoms with van der Waals surface area (Å²) in [7, 11) is 3.05. The van der Waals surface area contributed by atoms with E-state index in [2.05, 4.69) is 36.8 Å². The molecular weight excluding hydrogens is 582 g/mol. The van der Waals surface area contributed by atoms with Crippen molar-refractivity contribution in [3.63, 3.8) is 0 Å². The molecule has 0 unspecified atom stereocenters. The van der Waals surface area contributed by atoms with Crippen molar-refractivity contribution in [2.45, 2.75) is 25.5 Å². The minimum atomic E-state index is -0.302. The molecule has 0 fully saturated rings. The number of nitrogens with zero attached hydrogens (tertiary/aromatic N) is 3. The minimum absolute atomic E-state index is 0.117. The normalized spacial score (nSPS) is 10.7. The molecule has 1 heterocycles. The van der Waals surface area contributed by atoms with Gasteiger partial charge in [-0.2, -0.15) is 0 Å². The van der Waals surface area contributed by atoms with Crippen molar-refractivity contribution in [1.82, 2.24) is 20.1 Å². The predicted octanol–water partition coefficient (Wildman–Crippen LogP) is 5.32. The third-order valence-electron chi connectivity index (χ3n) is 5.84. The van der Waals surface area contributed by atoms with Gasteiger partial charge in [-0.1, -0.05) is 39.8 Å². The van der Waals surface area contributed by atoms with E-state index in [9.17, 15) is 9.59 Å². The molecule has 2 amide bonds. The topological polar surface area (TPSA) is 107 Å². The van der Waals surface area contributed by atoms with E-state index in [1.165, 1.54) is 26.0 Å². The Morgan fingerprint density at radius 3 is 2.41 bits per heavy atom. The third kappa shape index (κ3) is 6.98. The number of hydrogen-bond acceptors (Lipinski definition) is 7. The maximum absolute atomic E-state index is 12.9. The fraction of sp³-hybridized carbons (Fsp3) is 0.214. The molecule has 0 aliphatic rings. The SMILES string of the molecule is COc1ccc(C(=O)NCc2nnc(SCC(=O)Nc3cc(C)ccc3C)n2-c2ccc(Br)cc2)cc1OC. The van der Waals surface area contributed by atoms with Crippen LogP contribution in [-0.4, -0.2) is 46.6 Å². The van der Waals surface area contributed by atoms with E-state index in [0.29, 0.717) is 28.0 Å². The Labute approximate surface area is 239 Å². The molecular formula is C28H28BrN5O4S. The molecule has 0 spiro atoms. The Bertz CT molecular complexity index is 1490. The molecule has 0 bridgehead atoms. The molecule has 0 aliphatic heterocycles. The molecule has 0 radical (unpaired) electrons. The molecule has 11 heteroatoms. The molecule has 4 rings (SSSR count). The van der Waals surface area contributed by atoms with E-state index in [0.717, 1.165) is 27.0 Å². The Kier molecular flexibility index (Phi) is 9.26. The lowest BCUT2D eigenvalue weighted by Crippen LogP contribution is -2.24. The highest BCUT2D eigenvalue weighted by Gasteiger charge is 2.18. The van der Waals surface area contributed by atoms with Gasteiger partial charge in [0, 0.05) is 21.4 Å². The van der Waals surface area contributed by atoms with Crippen LogP contribution in [0.4, 0.5) is 5.69 Å². The first-order valence-corrected chi connectivity index (χ1v) is 13.8. The van der Waals surface area contributed by atoms with Gasteiger partial charge in [-0.15, -0.1) is 10.2 Å². The van der Waals surface area contributed by atoms with Crippen LogP contribution in [0, 0.1) is 13.8 Å². The number of ether oxygens (including phenoxy) is 2. The Morgan fingerprint density at radius 1 is 0.949 bits per heavy atom. The van der Waals surface area contributed by atoms with Crippen LogP contribution in [0.15, 0.2) is 70.3 Å². The number of amides is 2. The van der Waals surface area contributed by atoms with Crippen molar-refractivity contribution in [2.75, 3.05) is 25.3 Å². The maximum Gasteiger partial charge on any atom is 0.251 e. The first kappa shape index (κ1) is 28.2. The highest BCUT2D eigenvalue weighted by Crippen LogP contribution is 2.28. The lowest BCUT2D eigenvalue weighted by molar-refractivity contribution is -0.113. The third-order valence-corrected chi connectivity index (χ3v) is 7.30. The van der Waals surface area contributed by atoms with Crippen LogP contribution in [0.25, 0.3) is 5.69 Å². The second-order valence-corrected chi connectivity index (χ2v) is 10.5. The van der Waals surface area contributed by atoms with Crippen LogP contribution >= 0.6 is 27.7 Å². The molecule has 0 saturated carbocycles. The van der Waals surface area contributed by atoms with Gasteiger partial charge in [-0.25, -0.2) is 0 Å². The van der Waals surface area contributed by atoms with E-state index >= 15 is 0 Å². The van der Waals surface area contributed by atoms with Gasteiger partial charge < -0.3 is 20.1 Å². The highest BCUT2D eigenvalue weighted by atomic mass is 79.9. The number of aromatic nitrogens is 3. The summed E-state index contributed by atoms with van der Waals surface area (Å²) in [6.07, 6.45) is 0. The van der Waals surface area contributed by atoms with E-state index in [1.807, 2.05) is 60.9 Å². The van der Waals surface area contributed by atoms with Crippen molar-refractivity contribution in [3.05, 3.63) is 87.7 Å². The van der Waals surface area contributed by atoms with Gasteiger partial charge in [0.15, 0.2) is 22.5 Å². The van der Waals surface area contributed by atoms with Gasteiger partial charge in [0.2, 0.25) is 5.91 Å². The summed E-state index contributed by atoms with van der Waals surface area (Å²) in [5.41, 5.74) is 4.06. The molecule has 0 atom stereocenters. The number of nitrogens with one attached hydrogen (secondary N) is 2. The number of carbonyl (C=O) groups is 2. The fourth-order valence-corrected chi connectivity index (χ4v) is 4.82. The van der Waals surface area contributed by atoms with Crippen LogP contribution in [0.1, 0.15) is 27.3 Å². The first-order chi connectivity index (χ1) is 18.8. The average molecular weight is 611 g/mol. The van der Waals surface area contributed by atoms with Gasteiger partial charge in [0.25, 0.3) is 5.91 Å². The second kappa shape index (κ2) is 12.8. The van der Waals surface area contributed by atoms with Gasteiger partial charge in [-0.05, 0) is 73.5 Å². The van der Waals surface area contributed by atoms with Gasteiger partial charge >= 0.3 is 0 Å². The molecule has 2 N–H and O–H groups in total. The zero-order valence-corrected chi connectivity index (χ0v) is 24.4. The number of hydrogen-bond donors (Lipinski definition) is 2. The number of thioether (sulfide) groups is 1. The molecule has 0 saturated heterocycles. The Hall–Kier alpha value is -3.83. The van der Waals surface area contributed by atoms with E-state index in [4.69, 9.17) is 9.47 Å². The summed E-state index contributed by atoms with van der Waals surface area (Å²) in [6.45, 7) is 4.05. The quantitative estimate of drug-likeness (QED) is 0.234. The standard InChI is InChI=1S/C28H28BrN5O4S/c1-17-5-6-18(2)22(13-17)31-26(35)16-39-28-33-32-25(34(28)21-10-8-20(29)9-11-21)15-30-27(36)19-7-12-23(37-3)24(14-19)38-4/h5-14H,15-16H2,1-4H3,(H,30,36)(H,31,35). The van der Waals surface area contributed by atoms with Crippen LogP contribution in [0.2, 0.25) is 0 Å². The van der Waals surface area contributed by atoms with E-state index < -0.39 is 0 Å². The first-order valence-electron chi connectivity index (χ1n) is 12.0. The van der Waals surface area contributed by atoms with Crippen LogP contribution in [0.3, 0.4) is 0 Å². The van der Waals surface area contributed by atoms with E-state index in [-0.39, 0.29) is 24.1 Å². The zero-order valence-electron chi connectivity index (χ0n) is 21.9. The molecule has 1 aromatic heterocycles. The zero-order chi connectivity index (χ0) is 27.9. The smallest absolute Gasteiger partial charge is 0.251 e. The minimum Gasteiger partial charge on any atom is -0.493 e. The average Bonchev–Trinajstić information content (AvgIpc) is 3.35. The van der Waals surface area contributed by atoms with Crippen molar-refractivity contribution in [1.29, 1.82) is 0 Å². The monoisotopic (exact) mass is 609 g/mol. The molecule has 202 valence electrons. The molecule has 0 aliphatic carbocycles. The number of carbonyl (C=O) groups excluding carboxylic acids is 2. The van der Waals surface area contributed by atoms with Crippen LogP contribution < -0.4 is 20.1 Å². The Morgan fingerprint density at radius 2 is 1.69 bits per heavy atom. The van der Waals surface area contributed by atoms with Crippen LogP contribution in [0.5, 0.6) is 11.5 Å². The van der Waals surface area contributed by atoms with Crippen molar-refractivity contribution in [2.24, 2.45) is 0 Å². The lowest BCUT2D eigenvalue weighted by Gasteiger charge is -2.12. The fourth-order valence-electron chi connectivity index (χ4n) is 3.78.